The van der Waals surface area contributed by atoms with Gasteiger partial charge in [-0.25, -0.2) is 4.98 Å². The summed E-state index contributed by atoms with van der Waals surface area (Å²) < 4.78 is 1.99. The molecule has 0 spiro atoms. The molecule has 1 aromatic rings. The third-order valence-corrected chi connectivity index (χ3v) is 3.26. The number of carbonyl (C=O) groups excluding carboxylic acids is 1. The number of hydrogen-bond acceptors (Lipinski definition) is 5. The molecule has 0 bridgehead atoms. The normalized spacial score (nSPS) is 11.8. The maximum atomic E-state index is 11.8. The first-order valence-electron chi connectivity index (χ1n) is 5.63. The van der Waals surface area contributed by atoms with Crippen LogP contribution in [0, 0.1) is 11.3 Å². The first-order chi connectivity index (χ1) is 8.60. The maximum absolute atomic E-state index is 11.8. The van der Waals surface area contributed by atoms with Gasteiger partial charge in [-0.05, 0) is 13.3 Å². The Morgan fingerprint density at radius 2 is 2.39 bits per heavy atom. The first kappa shape index (κ1) is 14.3. The molecule has 0 amide bonds. The minimum absolute atomic E-state index is 0.0381. The van der Waals surface area contributed by atoms with E-state index in [9.17, 15) is 4.79 Å². The molecule has 0 aliphatic carbocycles. The van der Waals surface area contributed by atoms with E-state index in [2.05, 4.69) is 11.9 Å². The van der Waals surface area contributed by atoms with Gasteiger partial charge in [-0.1, -0.05) is 18.7 Å². The van der Waals surface area contributed by atoms with Crippen LogP contribution in [0.5, 0.6) is 0 Å². The Bertz CT molecular complexity index is 494. The van der Waals surface area contributed by atoms with Crippen molar-refractivity contribution in [3.05, 3.63) is 23.7 Å². The highest BCUT2D eigenvalue weighted by molar-refractivity contribution is 7.99. The van der Waals surface area contributed by atoms with Gasteiger partial charge in [0.15, 0.2) is 10.9 Å². The SMILES string of the molecule is CCCn1ccnc1SCC(=O)/C(C#N)=C(/C)N. The molecule has 0 atom stereocenters. The Morgan fingerprint density at radius 3 is 2.94 bits per heavy atom. The number of allylic oxidation sites excluding steroid dienone is 2. The van der Waals surface area contributed by atoms with Gasteiger partial charge < -0.3 is 10.3 Å². The van der Waals surface area contributed by atoms with Gasteiger partial charge in [0, 0.05) is 24.6 Å². The molecule has 6 heteroatoms. The molecule has 2 N–H and O–H groups in total. The van der Waals surface area contributed by atoms with Gasteiger partial charge in [-0.3, -0.25) is 4.79 Å². The lowest BCUT2D eigenvalue weighted by Crippen LogP contribution is -2.11. The van der Waals surface area contributed by atoms with Crippen molar-refractivity contribution in [1.29, 1.82) is 5.26 Å². The van der Waals surface area contributed by atoms with Crippen LogP contribution in [0.3, 0.4) is 0 Å². The highest BCUT2D eigenvalue weighted by Gasteiger charge is 2.13. The summed E-state index contributed by atoms with van der Waals surface area (Å²) in [6.07, 6.45) is 4.59. The van der Waals surface area contributed by atoms with Crippen molar-refractivity contribution in [1.82, 2.24) is 9.55 Å². The van der Waals surface area contributed by atoms with Gasteiger partial charge in [0.25, 0.3) is 0 Å². The summed E-state index contributed by atoms with van der Waals surface area (Å²) in [7, 11) is 0. The van der Waals surface area contributed by atoms with Crippen LogP contribution < -0.4 is 5.73 Å². The summed E-state index contributed by atoms with van der Waals surface area (Å²) in [5, 5.41) is 9.61. The summed E-state index contributed by atoms with van der Waals surface area (Å²) in [6, 6.07) is 1.84. The molecule has 0 saturated heterocycles. The highest BCUT2D eigenvalue weighted by Crippen LogP contribution is 2.17. The summed E-state index contributed by atoms with van der Waals surface area (Å²) in [4.78, 5) is 15.9. The van der Waals surface area contributed by atoms with E-state index < -0.39 is 0 Å². The van der Waals surface area contributed by atoms with Crippen molar-refractivity contribution in [3.8, 4) is 6.07 Å². The third kappa shape index (κ3) is 3.64. The van der Waals surface area contributed by atoms with Crippen molar-refractivity contribution in [2.24, 2.45) is 5.73 Å². The summed E-state index contributed by atoms with van der Waals surface area (Å²) in [5.41, 5.74) is 5.78. The largest absolute Gasteiger partial charge is 0.401 e. The number of nitrogens with zero attached hydrogens (tertiary/aromatic N) is 3. The zero-order valence-electron chi connectivity index (χ0n) is 10.5. The van der Waals surface area contributed by atoms with E-state index in [-0.39, 0.29) is 22.8 Å². The number of imidazole rings is 1. The average Bonchev–Trinajstić information content (AvgIpc) is 2.75. The summed E-state index contributed by atoms with van der Waals surface area (Å²) in [5.74, 6) is -0.0772. The lowest BCUT2D eigenvalue weighted by Gasteiger charge is -2.05. The lowest BCUT2D eigenvalue weighted by atomic mass is 10.2. The maximum Gasteiger partial charge on any atom is 0.185 e. The van der Waals surface area contributed by atoms with Crippen molar-refractivity contribution >= 4 is 17.5 Å². The summed E-state index contributed by atoms with van der Waals surface area (Å²) in [6.45, 7) is 4.50. The van der Waals surface area contributed by atoms with Crippen LogP contribution in [0.1, 0.15) is 20.3 Å². The molecule has 18 heavy (non-hydrogen) atoms. The molecular formula is C12H16N4OS. The van der Waals surface area contributed by atoms with Gasteiger partial charge in [-0.15, -0.1) is 0 Å². The molecular weight excluding hydrogens is 248 g/mol. The number of hydrogen-bond donors (Lipinski definition) is 1. The molecule has 0 fully saturated rings. The molecule has 5 nitrogen and oxygen atoms in total. The minimum Gasteiger partial charge on any atom is -0.401 e. The van der Waals surface area contributed by atoms with E-state index >= 15 is 0 Å². The molecule has 1 heterocycles. The fraction of sp³-hybridized carbons (Fsp3) is 0.417. The van der Waals surface area contributed by atoms with Crippen LogP contribution in [0.4, 0.5) is 0 Å². The molecule has 0 aliphatic heterocycles. The third-order valence-electron chi connectivity index (χ3n) is 2.26. The van der Waals surface area contributed by atoms with Gasteiger partial charge in [0.2, 0.25) is 0 Å². The Hall–Kier alpha value is -1.74. The monoisotopic (exact) mass is 264 g/mol. The number of aromatic nitrogens is 2. The van der Waals surface area contributed by atoms with E-state index in [1.165, 1.54) is 11.8 Å². The zero-order valence-corrected chi connectivity index (χ0v) is 11.3. The van der Waals surface area contributed by atoms with Crippen molar-refractivity contribution in [2.75, 3.05) is 5.75 Å². The van der Waals surface area contributed by atoms with Crippen LogP contribution in [0.15, 0.2) is 28.8 Å². The van der Waals surface area contributed by atoms with Crippen molar-refractivity contribution < 1.29 is 4.79 Å². The Morgan fingerprint density at radius 1 is 1.67 bits per heavy atom. The molecule has 0 saturated carbocycles. The number of aryl methyl sites for hydroxylation is 1. The van der Waals surface area contributed by atoms with E-state index in [1.807, 2.05) is 16.8 Å². The standard InChI is InChI=1S/C12H16N4OS/c1-3-5-16-6-4-15-12(16)18-8-11(17)10(7-13)9(2)14/h4,6H,3,5,8,14H2,1-2H3/b10-9-. The second kappa shape index (κ2) is 6.87. The Labute approximate surface area is 111 Å². The van der Waals surface area contributed by atoms with Crippen LogP contribution in [-0.4, -0.2) is 21.1 Å². The zero-order chi connectivity index (χ0) is 13.5. The molecule has 0 aliphatic rings. The van der Waals surface area contributed by atoms with Crippen molar-refractivity contribution in [3.63, 3.8) is 0 Å². The average molecular weight is 264 g/mol. The van der Waals surface area contributed by atoms with E-state index in [1.54, 1.807) is 13.1 Å². The number of Topliss-reactive ketones (excluding diaryl/α,β-unsaturated/α-hetero) is 1. The Balaban J connectivity index is 2.66. The van der Waals surface area contributed by atoms with E-state index in [0.29, 0.717) is 0 Å². The van der Waals surface area contributed by atoms with E-state index in [0.717, 1.165) is 18.1 Å². The van der Waals surface area contributed by atoms with E-state index in [4.69, 9.17) is 11.0 Å². The first-order valence-corrected chi connectivity index (χ1v) is 6.62. The van der Waals surface area contributed by atoms with Gasteiger partial charge in [0.1, 0.15) is 11.6 Å². The van der Waals surface area contributed by atoms with Crippen molar-refractivity contribution in [2.45, 2.75) is 32.0 Å². The Kier molecular flexibility index (Phi) is 5.46. The number of thioether (sulfide) groups is 1. The smallest absolute Gasteiger partial charge is 0.185 e. The minimum atomic E-state index is -0.256. The van der Waals surface area contributed by atoms with Gasteiger partial charge in [-0.2, -0.15) is 5.26 Å². The fourth-order valence-corrected chi connectivity index (χ4v) is 2.28. The molecule has 0 radical (unpaired) electrons. The topological polar surface area (TPSA) is 84.7 Å². The molecule has 1 rings (SSSR count). The highest BCUT2D eigenvalue weighted by atomic mass is 32.2. The van der Waals surface area contributed by atoms with Gasteiger partial charge >= 0.3 is 0 Å². The van der Waals surface area contributed by atoms with Crippen LogP contribution >= 0.6 is 11.8 Å². The predicted molar refractivity (Wildman–Crippen MR) is 70.7 cm³/mol. The molecule has 0 unspecified atom stereocenters. The second-order valence-corrected chi connectivity index (χ2v) is 4.73. The predicted octanol–water partition coefficient (Wildman–Crippen LogP) is 1.71. The number of ketones is 1. The number of rotatable bonds is 6. The number of carbonyl (C=O) groups is 1. The summed E-state index contributed by atoms with van der Waals surface area (Å²) >= 11 is 1.32. The second-order valence-electron chi connectivity index (χ2n) is 3.78. The van der Waals surface area contributed by atoms with Crippen LogP contribution in [0.25, 0.3) is 0 Å². The van der Waals surface area contributed by atoms with Crippen LogP contribution in [0.2, 0.25) is 0 Å². The molecule has 1 aromatic heterocycles. The quantitative estimate of drug-likeness (QED) is 0.480. The van der Waals surface area contributed by atoms with Gasteiger partial charge in [0.05, 0.1) is 5.75 Å². The lowest BCUT2D eigenvalue weighted by molar-refractivity contribution is -0.112. The molecule has 96 valence electrons. The molecule has 0 aromatic carbocycles. The number of nitriles is 1. The van der Waals surface area contributed by atoms with Crippen LogP contribution in [-0.2, 0) is 11.3 Å². The fourth-order valence-electron chi connectivity index (χ4n) is 1.42. The number of nitrogens with two attached hydrogens (primary N) is 1.